The number of hydrogen-bond donors (Lipinski definition) is 1. The molecule has 0 saturated carbocycles. The minimum Gasteiger partial charge on any atom is -0.395 e. The molecule has 0 spiro atoms. The Hall–Kier alpha value is -0.940. The fourth-order valence-electron chi connectivity index (χ4n) is 0.784. The quantitative estimate of drug-likeness (QED) is 0.714. The molecule has 1 aromatic rings. The molecule has 0 saturated heterocycles. The summed E-state index contributed by atoms with van der Waals surface area (Å²) in [6.45, 7) is -0.356. The lowest BCUT2D eigenvalue weighted by Crippen LogP contribution is -2.09. The van der Waals surface area contributed by atoms with Crippen molar-refractivity contribution in [3.63, 3.8) is 0 Å². The monoisotopic (exact) mass is 187 g/mol. The maximum Gasteiger partial charge on any atom is 0.180 e. The zero-order valence-electron chi connectivity index (χ0n) is 6.34. The van der Waals surface area contributed by atoms with Crippen LogP contribution in [0.4, 0.5) is 0 Å². The van der Waals surface area contributed by atoms with Crippen LogP contribution in [0, 0.1) is 0 Å². The third-order valence-electron chi connectivity index (χ3n) is 1.37. The van der Waals surface area contributed by atoms with Gasteiger partial charge in [-0.3, -0.25) is 4.98 Å². The Bertz CT molecular complexity index is 333. The highest BCUT2D eigenvalue weighted by Gasteiger charge is 2.11. The minimum absolute atomic E-state index is 0.201. The number of aliphatic hydroxyl groups excluding tert-OH is 1. The van der Waals surface area contributed by atoms with Crippen LogP contribution in [0.2, 0.25) is 0 Å². The van der Waals surface area contributed by atoms with E-state index in [-0.39, 0.29) is 17.3 Å². The highest BCUT2D eigenvalue weighted by atomic mass is 32.2. The molecule has 0 aromatic carbocycles. The molecule has 1 aromatic heterocycles. The van der Waals surface area contributed by atoms with Crippen LogP contribution in [-0.2, 0) is 9.84 Å². The molecule has 0 aliphatic heterocycles. The van der Waals surface area contributed by atoms with Crippen LogP contribution in [-0.4, -0.2) is 30.9 Å². The first-order valence-corrected chi connectivity index (χ1v) is 5.06. The first kappa shape index (κ1) is 9.15. The van der Waals surface area contributed by atoms with E-state index < -0.39 is 9.84 Å². The Morgan fingerprint density at radius 2 is 1.92 bits per heavy atom. The van der Waals surface area contributed by atoms with Crippen molar-refractivity contribution in [3.05, 3.63) is 24.5 Å². The number of pyridine rings is 1. The molecule has 0 amide bonds. The Labute approximate surface area is 70.8 Å². The topological polar surface area (TPSA) is 67.3 Å². The number of rotatable bonds is 3. The molecular formula is C7H9NO3S. The second-order valence-corrected chi connectivity index (χ2v) is 4.33. The fraction of sp³-hybridized carbons (Fsp3) is 0.286. The second kappa shape index (κ2) is 3.64. The van der Waals surface area contributed by atoms with Crippen molar-refractivity contribution in [2.75, 3.05) is 12.4 Å². The second-order valence-electron chi connectivity index (χ2n) is 2.23. The van der Waals surface area contributed by atoms with Gasteiger partial charge in [0.05, 0.1) is 17.3 Å². The standard InChI is InChI=1S/C7H9NO3S/c9-5-6-12(10,11)7-1-3-8-4-2-7/h1-4,9H,5-6H2. The molecule has 0 unspecified atom stereocenters. The van der Waals surface area contributed by atoms with Crippen LogP contribution in [0.25, 0.3) is 0 Å². The van der Waals surface area contributed by atoms with Gasteiger partial charge in [-0.05, 0) is 12.1 Å². The molecule has 4 nitrogen and oxygen atoms in total. The van der Waals surface area contributed by atoms with E-state index in [1.54, 1.807) is 0 Å². The predicted octanol–water partition coefficient (Wildman–Crippen LogP) is -0.152. The molecule has 1 heterocycles. The highest BCUT2D eigenvalue weighted by Crippen LogP contribution is 2.07. The number of sulfone groups is 1. The molecule has 1 rings (SSSR count). The Kier molecular flexibility index (Phi) is 2.78. The highest BCUT2D eigenvalue weighted by molar-refractivity contribution is 7.91. The van der Waals surface area contributed by atoms with Gasteiger partial charge in [-0.2, -0.15) is 0 Å². The van der Waals surface area contributed by atoms with Crippen molar-refractivity contribution >= 4 is 9.84 Å². The number of aliphatic hydroxyl groups is 1. The van der Waals surface area contributed by atoms with E-state index in [9.17, 15) is 8.42 Å². The van der Waals surface area contributed by atoms with Gasteiger partial charge in [0.1, 0.15) is 0 Å². The maximum absolute atomic E-state index is 11.2. The van der Waals surface area contributed by atoms with Crippen LogP contribution in [0.3, 0.4) is 0 Å². The lowest BCUT2D eigenvalue weighted by atomic mass is 10.5. The average Bonchev–Trinajstić information content (AvgIpc) is 2.06. The SMILES string of the molecule is O=S(=O)(CCO)c1ccncc1. The Balaban J connectivity index is 2.99. The molecule has 12 heavy (non-hydrogen) atoms. The summed E-state index contributed by atoms with van der Waals surface area (Å²) in [5.41, 5.74) is 0. The molecule has 0 radical (unpaired) electrons. The molecule has 0 fully saturated rings. The van der Waals surface area contributed by atoms with E-state index >= 15 is 0 Å². The van der Waals surface area contributed by atoms with Gasteiger partial charge in [0.25, 0.3) is 0 Å². The van der Waals surface area contributed by atoms with Crippen molar-refractivity contribution in [1.29, 1.82) is 0 Å². The molecule has 0 bridgehead atoms. The smallest absolute Gasteiger partial charge is 0.180 e. The number of hydrogen-bond acceptors (Lipinski definition) is 4. The molecule has 5 heteroatoms. The summed E-state index contributed by atoms with van der Waals surface area (Å²) in [7, 11) is -3.30. The van der Waals surface area contributed by atoms with E-state index in [1.165, 1.54) is 24.5 Å². The molecule has 1 N–H and O–H groups in total. The minimum atomic E-state index is -3.30. The van der Waals surface area contributed by atoms with Crippen molar-refractivity contribution in [1.82, 2.24) is 4.98 Å². The van der Waals surface area contributed by atoms with Gasteiger partial charge in [-0.15, -0.1) is 0 Å². The van der Waals surface area contributed by atoms with Crippen molar-refractivity contribution in [3.8, 4) is 0 Å². The van der Waals surface area contributed by atoms with Crippen LogP contribution in [0.5, 0.6) is 0 Å². The van der Waals surface area contributed by atoms with Crippen LogP contribution >= 0.6 is 0 Å². The number of nitrogens with zero attached hydrogens (tertiary/aromatic N) is 1. The lowest BCUT2D eigenvalue weighted by Gasteiger charge is -1.99. The number of aromatic nitrogens is 1. The van der Waals surface area contributed by atoms with Gasteiger partial charge in [0.2, 0.25) is 0 Å². The van der Waals surface area contributed by atoms with E-state index in [0.29, 0.717) is 0 Å². The van der Waals surface area contributed by atoms with E-state index in [1.807, 2.05) is 0 Å². The Morgan fingerprint density at radius 1 is 1.33 bits per heavy atom. The van der Waals surface area contributed by atoms with Crippen LogP contribution in [0.1, 0.15) is 0 Å². The van der Waals surface area contributed by atoms with Crippen molar-refractivity contribution in [2.24, 2.45) is 0 Å². The molecular weight excluding hydrogens is 178 g/mol. The molecule has 0 aliphatic carbocycles. The van der Waals surface area contributed by atoms with Gasteiger partial charge < -0.3 is 5.11 Å². The summed E-state index contributed by atoms with van der Waals surface area (Å²) < 4.78 is 22.5. The van der Waals surface area contributed by atoms with E-state index in [2.05, 4.69) is 4.98 Å². The Morgan fingerprint density at radius 3 is 2.42 bits per heavy atom. The summed E-state index contributed by atoms with van der Waals surface area (Å²) in [6, 6.07) is 2.82. The molecule has 66 valence electrons. The van der Waals surface area contributed by atoms with E-state index in [4.69, 9.17) is 5.11 Å². The lowest BCUT2D eigenvalue weighted by molar-refractivity contribution is 0.319. The molecule has 0 aliphatic rings. The van der Waals surface area contributed by atoms with Crippen LogP contribution in [0.15, 0.2) is 29.4 Å². The molecule has 0 atom stereocenters. The maximum atomic E-state index is 11.2. The van der Waals surface area contributed by atoms with Gasteiger partial charge in [0.15, 0.2) is 9.84 Å². The zero-order valence-corrected chi connectivity index (χ0v) is 7.16. The van der Waals surface area contributed by atoms with Gasteiger partial charge in [0, 0.05) is 12.4 Å². The van der Waals surface area contributed by atoms with Crippen molar-refractivity contribution < 1.29 is 13.5 Å². The first-order valence-electron chi connectivity index (χ1n) is 3.40. The third-order valence-corrected chi connectivity index (χ3v) is 3.08. The summed E-state index contributed by atoms with van der Waals surface area (Å²) in [4.78, 5) is 3.89. The van der Waals surface area contributed by atoms with Gasteiger partial charge in [-0.25, -0.2) is 8.42 Å². The van der Waals surface area contributed by atoms with Gasteiger partial charge in [-0.1, -0.05) is 0 Å². The summed E-state index contributed by atoms with van der Waals surface area (Å²) in [5.74, 6) is -0.239. The van der Waals surface area contributed by atoms with Gasteiger partial charge >= 0.3 is 0 Å². The van der Waals surface area contributed by atoms with Crippen LogP contribution < -0.4 is 0 Å². The summed E-state index contributed by atoms with van der Waals surface area (Å²) in [5, 5.41) is 8.47. The first-order chi connectivity index (χ1) is 5.67. The summed E-state index contributed by atoms with van der Waals surface area (Å²) >= 11 is 0. The van der Waals surface area contributed by atoms with Crippen molar-refractivity contribution in [2.45, 2.75) is 4.90 Å². The summed E-state index contributed by atoms with van der Waals surface area (Å²) in [6.07, 6.45) is 2.81. The largest absolute Gasteiger partial charge is 0.395 e. The van der Waals surface area contributed by atoms with E-state index in [0.717, 1.165) is 0 Å². The normalized spacial score (nSPS) is 11.4. The fourth-order valence-corrected chi connectivity index (χ4v) is 1.80. The zero-order chi connectivity index (χ0) is 9.03. The predicted molar refractivity (Wildman–Crippen MR) is 43.4 cm³/mol. The third kappa shape index (κ3) is 2.02. The average molecular weight is 187 g/mol.